The Labute approximate surface area is 87.7 Å². The minimum Gasteiger partial charge on any atom is -0.384 e. The van der Waals surface area contributed by atoms with Crippen LogP contribution in [0.25, 0.3) is 0 Å². The molecule has 1 N–H and O–H groups in total. The van der Waals surface area contributed by atoms with Crippen LogP contribution in [0.15, 0.2) is 24.3 Å². The second-order valence-corrected chi connectivity index (χ2v) is 3.46. The molecule has 0 saturated carbocycles. The van der Waals surface area contributed by atoms with Crippen molar-refractivity contribution in [3.05, 3.63) is 39.9 Å². The maximum atomic E-state index is 10.4. The van der Waals surface area contributed by atoms with Gasteiger partial charge in [0.1, 0.15) is 0 Å². The zero-order valence-corrected chi connectivity index (χ0v) is 8.30. The molecule has 4 heteroatoms. The molecule has 0 aromatic heterocycles. The van der Waals surface area contributed by atoms with E-state index in [4.69, 9.17) is 6.42 Å². The van der Waals surface area contributed by atoms with Crippen LogP contribution in [0.2, 0.25) is 0 Å². The van der Waals surface area contributed by atoms with Crippen LogP contribution in [-0.2, 0) is 5.60 Å². The third kappa shape index (κ3) is 2.55. The smallest absolute Gasteiger partial charge is 0.269 e. The molecule has 0 aliphatic carbocycles. The Morgan fingerprint density at radius 3 is 2.47 bits per heavy atom. The molecule has 4 nitrogen and oxygen atoms in total. The van der Waals surface area contributed by atoms with Gasteiger partial charge in [-0.3, -0.25) is 10.1 Å². The van der Waals surface area contributed by atoms with E-state index < -0.39 is 10.5 Å². The van der Waals surface area contributed by atoms with Gasteiger partial charge in [-0.15, -0.1) is 12.3 Å². The van der Waals surface area contributed by atoms with Crippen LogP contribution >= 0.6 is 0 Å². The van der Waals surface area contributed by atoms with E-state index in [1.165, 1.54) is 24.3 Å². The van der Waals surface area contributed by atoms with Crippen LogP contribution in [0, 0.1) is 22.5 Å². The lowest BCUT2D eigenvalue weighted by molar-refractivity contribution is -0.384. The summed E-state index contributed by atoms with van der Waals surface area (Å²) in [4.78, 5) is 9.91. The van der Waals surface area contributed by atoms with Gasteiger partial charge in [0, 0.05) is 18.6 Å². The molecule has 0 unspecified atom stereocenters. The summed E-state index contributed by atoms with van der Waals surface area (Å²) in [5.74, 6) is 2.36. The van der Waals surface area contributed by atoms with Crippen molar-refractivity contribution in [1.29, 1.82) is 0 Å². The summed E-state index contributed by atoms with van der Waals surface area (Å²) in [5, 5.41) is 20.3. The van der Waals surface area contributed by atoms with Crippen molar-refractivity contribution in [1.82, 2.24) is 0 Å². The van der Waals surface area contributed by atoms with Crippen LogP contribution in [0.1, 0.15) is 18.9 Å². The van der Waals surface area contributed by atoms with Gasteiger partial charge in [-0.1, -0.05) is 0 Å². The van der Waals surface area contributed by atoms with Crippen LogP contribution in [-0.4, -0.2) is 10.0 Å². The average molecular weight is 205 g/mol. The minimum atomic E-state index is -1.14. The van der Waals surface area contributed by atoms with Crippen molar-refractivity contribution >= 4 is 5.69 Å². The molecule has 0 saturated heterocycles. The number of rotatable bonds is 3. The van der Waals surface area contributed by atoms with Gasteiger partial charge in [-0.25, -0.2) is 0 Å². The standard InChI is InChI=1S/C11H11NO3/c1-3-8-11(2,13)9-4-6-10(7-5-9)12(14)15/h1,4-7,13H,8H2,2H3/t11-/m1/s1. The lowest BCUT2D eigenvalue weighted by Crippen LogP contribution is -2.19. The molecule has 0 bridgehead atoms. The first-order chi connectivity index (χ1) is 6.97. The second-order valence-electron chi connectivity index (χ2n) is 3.46. The van der Waals surface area contributed by atoms with Gasteiger partial charge in [0.05, 0.1) is 10.5 Å². The molecule has 0 aliphatic rings. The number of terminal acetylenes is 1. The Morgan fingerprint density at radius 1 is 1.53 bits per heavy atom. The van der Waals surface area contributed by atoms with Crippen LogP contribution < -0.4 is 0 Å². The van der Waals surface area contributed by atoms with Crippen molar-refractivity contribution < 1.29 is 10.0 Å². The molecule has 0 radical (unpaired) electrons. The third-order valence-corrected chi connectivity index (χ3v) is 2.15. The van der Waals surface area contributed by atoms with E-state index in [-0.39, 0.29) is 12.1 Å². The van der Waals surface area contributed by atoms with Crippen LogP contribution in [0.3, 0.4) is 0 Å². The highest BCUT2D eigenvalue weighted by atomic mass is 16.6. The quantitative estimate of drug-likeness (QED) is 0.465. The van der Waals surface area contributed by atoms with Gasteiger partial charge in [-0.2, -0.15) is 0 Å². The molecule has 15 heavy (non-hydrogen) atoms. The summed E-state index contributed by atoms with van der Waals surface area (Å²) < 4.78 is 0. The first-order valence-corrected chi connectivity index (χ1v) is 4.38. The van der Waals surface area contributed by atoms with E-state index >= 15 is 0 Å². The first kappa shape index (κ1) is 11.2. The number of hydrogen-bond acceptors (Lipinski definition) is 3. The summed E-state index contributed by atoms with van der Waals surface area (Å²) in [6.07, 6.45) is 5.28. The van der Waals surface area contributed by atoms with E-state index in [2.05, 4.69) is 5.92 Å². The Morgan fingerprint density at radius 2 is 2.07 bits per heavy atom. The van der Waals surface area contributed by atoms with Crippen molar-refractivity contribution in [3.8, 4) is 12.3 Å². The van der Waals surface area contributed by atoms with Crippen molar-refractivity contribution in [2.45, 2.75) is 18.9 Å². The number of benzene rings is 1. The summed E-state index contributed by atoms with van der Waals surface area (Å²) >= 11 is 0. The zero-order valence-electron chi connectivity index (χ0n) is 8.30. The van der Waals surface area contributed by atoms with Gasteiger partial charge in [0.25, 0.3) is 5.69 Å². The van der Waals surface area contributed by atoms with Crippen molar-refractivity contribution in [3.63, 3.8) is 0 Å². The maximum absolute atomic E-state index is 10.4. The number of nitro benzene ring substituents is 1. The number of non-ortho nitro benzene ring substituents is 1. The Hall–Kier alpha value is -1.86. The predicted octanol–water partition coefficient (Wildman–Crippen LogP) is 1.83. The second kappa shape index (κ2) is 4.11. The normalized spacial score (nSPS) is 13.9. The lowest BCUT2D eigenvalue weighted by atomic mass is 9.93. The molecule has 1 atom stereocenters. The van der Waals surface area contributed by atoms with Crippen LogP contribution in [0.5, 0.6) is 0 Å². The molecule has 0 amide bonds. The van der Waals surface area contributed by atoms with Gasteiger partial charge >= 0.3 is 0 Å². The number of nitro groups is 1. The van der Waals surface area contributed by atoms with Crippen molar-refractivity contribution in [2.75, 3.05) is 0 Å². The number of nitrogens with zero attached hydrogens (tertiary/aromatic N) is 1. The van der Waals surface area contributed by atoms with E-state index in [1.54, 1.807) is 6.92 Å². The fourth-order valence-corrected chi connectivity index (χ4v) is 1.24. The fourth-order valence-electron chi connectivity index (χ4n) is 1.24. The topological polar surface area (TPSA) is 63.4 Å². The van der Waals surface area contributed by atoms with Crippen molar-refractivity contribution in [2.24, 2.45) is 0 Å². The molecular weight excluding hydrogens is 194 g/mol. The van der Waals surface area contributed by atoms with E-state index in [9.17, 15) is 15.2 Å². The van der Waals surface area contributed by atoms with E-state index in [0.717, 1.165) is 0 Å². The molecular formula is C11H11NO3. The molecule has 0 aliphatic heterocycles. The molecule has 1 rings (SSSR count). The molecule has 78 valence electrons. The maximum Gasteiger partial charge on any atom is 0.269 e. The SMILES string of the molecule is C#CC[C@@](C)(O)c1ccc([N+](=O)[O-])cc1. The highest BCUT2D eigenvalue weighted by Crippen LogP contribution is 2.25. The fraction of sp³-hybridized carbons (Fsp3) is 0.273. The average Bonchev–Trinajstić information content (AvgIpc) is 2.18. The molecule has 0 heterocycles. The molecule has 0 spiro atoms. The lowest BCUT2D eigenvalue weighted by Gasteiger charge is -2.20. The highest BCUT2D eigenvalue weighted by molar-refractivity contribution is 5.35. The first-order valence-electron chi connectivity index (χ1n) is 4.38. The van der Waals surface area contributed by atoms with Gasteiger partial charge in [0.2, 0.25) is 0 Å². The Bertz CT molecular complexity index is 401. The minimum absolute atomic E-state index is 0.00439. The Kier molecular flexibility index (Phi) is 3.08. The number of hydrogen-bond donors (Lipinski definition) is 1. The largest absolute Gasteiger partial charge is 0.384 e. The van der Waals surface area contributed by atoms with Gasteiger partial charge in [-0.05, 0) is 24.6 Å². The predicted molar refractivity (Wildman–Crippen MR) is 56.1 cm³/mol. The molecule has 1 aromatic carbocycles. The van der Waals surface area contributed by atoms with E-state index in [0.29, 0.717) is 5.56 Å². The van der Waals surface area contributed by atoms with E-state index in [1.807, 2.05) is 0 Å². The summed E-state index contributed by atoms with van der Waals surface area (Å²) in [6.45, 7) is 1.58. The van der Waals surface area contributed by atoms with Gasteiger partial charge in [0.15, 0.2) is 0 Å². The summed E-state index contributed by atoms with van der Waals surface area (Å²) in [7, 11) is 0. The monoisotopic (exact) mass is 205 g/mol. The summed E-state index contributed by atoms with van der Waals surface area (Å²) in [5.41, 5.74) is -0.564. The van der Waals surface area contributed by atoms with Crippen LogP contribution in [0.4, 0.5) is 5.69 Å². The molecule has 0 fully saturated rings. The summed E-state index contributed by atoms with van der Waals surface area (Å²) in [6, 6.07) is 5.71. The zero-order chi connectivity index (χ0) is 11.5. The molecule has 1 aromatic rings. The highest BCUT2D eigenvalue weighted by Gasteiger charge is 2.22. The van der Waals surface area contributed by atoms with Gasteiger partial charge < -0.3 is 5.11 Å². The number of aliphatic hydroxyl groups is 1. The third-order valence-electron chi connectivity index (χ3n) is 2.15. The Balaban J connectivity index is 2.99.